The van der Waals surface area contributed by atoms with E-state index in [0.717, 1.165) is 12.2 Å². The zero-order chi connectivity index (χ0) is 18.9. The Morgan fingerprint density at radius 1 is 1.07 bits per heavy atom. The number of hydrogen-bond acceptors (Lipinski definition) is 7. The van der Waals surface area contributed by atoms with E-state index >= 15 is 0 Å². The second-order valence-electron chi connectivity index (χ2n) is 7.19. The van der Waals surface area contributed by atoms with Gasteiger partial charge in [0.05, 0.1) is 13.2 Å². The standard InChI is InChI=1S/C18H25N5O4/c1-14-19-15(12-16(20-14)22-8-6-21(13-24)7-9-22)17(25)23-4-2-18(3-5-23)26-10-11-27-18/h12-13H,2-11H2,1H3. The first-order chi connectivity index (χ1) is 13.1. The lowest BCUT2D eigenvalue weighted by Crippen LogP contribution is -2.48. The Bertz CT molecular complexity index is 704. The topological polar surface area (TPSA) is 88.1 Å². The number of aryl methyl sites for hydroxylation is 1. The third-order valence-electron chi connectivity index (χ3n) is 5.46. The molecule has 3 fully saturated rings. The van der Waals surface area contributed by atoms with Gasteiger partial charge in [-0.2, -0.15) is 0 Å². The van der Waals surface area contributed by atoms with Crippen molar-refractivity contribution in [3.63, 3.8) is 0 Å². The number of piperidine rings is 1. The Morgan fingerprint density at radius 2 is 1.74 bits per heavy atom. The smallest absolute Gasteiger partial charge is 0.272 e. The molecule has 3 saturated heterocycles. The van der Waals surface area contributed by atoms with Crippen LogP contribution in [0.3, 0.4) is 0 Å². The molecule has 3 aliphatic rings. The van der Waals surface area contributed by atoms with Crippen molar-refractivity contribution in [2.75, 3.05) is 57.4 Å². The van der Waals surface area contributed by atoms with Crippen LogP contribution >= 0.6 is 0 Å². The number of carbonyl (C=O) groups excluding carboxylic acids is 2. The maximum atomic E-state index is 13.0. The maximum absolute atomic E-state index is 13.0. The summed E-state index contributed by atoms with van der Waals surface area (Å²) in [6, 6.07) is 1.76. The van der Waals surface area contributed by atoms with Gasteiger partial charge in [-0.05, 0) is 6.92 Å². The Labute approximate surface area is 158 Å². The number of ether oxygens (including phenoxy) is 2. The molecular weight excluding hydrogens is 350 g/mol. The van der Waals surface area contributed by atoms with Gasteiger partial charge in [0, 0.05) is 58.2 Å². The molecule has 2 amide bonds. The van der Waals surface area contributed by atoms with E-state index in [0.29, 0.717) is 76.8 Å². The van der Waals surface area contributed by atoms with Crippen LogP contribution in [0.5, 0.6) is 0 Å². The minimum absolute atomic E-state index is 0.0823. The predicted octanol–water partition coefficient (Wildman–Crippen LogP) is 0.0425. The molecule has 1 aromatic heterocycles. The molecule has 27 heavy (non-hydrogen) atoms. The number of amides is 2. The molecule has 4 rings (SSSR count). The second-order valence-corrected chi connectivity index (χ2v) is 7.19. The van der Waals surface area contributed by atoms with Crippen molar-refractivity contribution in [2.45, 2.75) is 25.6 Å². The van der Waals surface area contributed by atoms with Gasteiger partial charge in [0.15, 0.2) is 5.79 Å². The number of piperazine rings is 1. The average Bonchev–Trinajstić information content (AvgIpc) is 3.15. The zero-order valence-corrected chi connectivity index (χ0v) is 15.6. The van der Waals surface area contributed by atoms with Gasteiger partial charge >= 0.3 is 0 Å². The number of anilines is 1. The molecule has 3 aliphatic heterocycles. The first-order valence-electron chi connectivity index (χ1n) is 9.46. The van der Waals surface area contributed by atoms with E-state index in [1.54, 1.807) is 17.9 Å². The third kappa shape index (κ3) is 3.74. The molecule has 0 saturated carbocycles. The van der Waals surface area contributed by atoms with Gasteiger partial charge in [-0.1, -0.05) is 0 Å². The molecule has 0 unspecified atom stereocenters. The minimum atomic E-state index is -0.498. The summed E-state index contributed by atoms with van der Waals surface area (Å²) in [5, 5.41) is 0. The molecule has 0 aromatic carbocycles. The third-order valence-corrected chi connectivity index (χ3v) is 5.46. The Morgan fingerprint density at radius 3 is 2.37 bits per heavy atom. The zero-order valence-electron chi connectivity index (χ0n) is 15.6. The molecule has 0 bridgehead atoms. The van der Waals surface area contributed by atoms with Crippen LogP contribution in [0.1, 0.15) is 29.2 Å². The van der Waals surface area contributed by atoms with E-state index in [2.05, 4.69) is 14.9 Å². The summed E-state index contributed by atoms with van der Waals surface area (Å²) in [5.74, 6) is 0.736. The van der Waals surface area contributed by atoms with Crippen molar-refractivity contribution in [3.8, 4) is 0 Å². The highest BCUT2D eigenvalue weighted by atomic mass is 16.7. The van der Waals surface area contributed by atoms with Crippen LogP contribution in [-0.4, -0.2) is 90.4 Å². The molecule has 9 heteroatoms. The molecule has 0 radical (unpaired) electrons. The Kier molecular flexibility index (Phi) is 4.96. The molecule has 9 nitrogen and oxygen atoms in total. The lowest BCUT2D eigenvalue weighted by molar-refractivity contribution is -0.181. The van der Waals surface area contributed by atoms with Crippen LogP contribution in [-0.2, 0) is 14.3 Å². The number of aromatic nitrogens is 2. The van der Waals surface area contributed by atoms with Gasteiger partial charge in [0.1, 0.15) is 17.3 Å². The van der Waals surface area contributed by atoms with Crippen LogP contribution in [0, 0.1) is 6.92 Å². The Hall–Kier alpha value is -2.26. The fraction of sp³-hybridized carbons (Fsp3) is 0.667. The van der Waals surface area contributed by atoms with Crippen LogP contribution < -0.4 is 4.90 Å². The van der Waals surface area contributed by atoms with Gasteiger partial charge in [-0.15, -0.1) is 0 Å². The SMILES string of the molecule is Cc1nc(C(=O)N2CCC3(CC2)OCCO3)cc(N2CCN(C=O)CC2)n1. The molecule has 146 valence electrons. The van der Waals surface area contributed by atoms with Crippen LogP contribution in [0.15, 0.2) is 6.07 Å². The van der Waals surface area contributed by atoms with E-state index in [9.17, 15) is 9.59 Å². The Balaban J connectivity index is 1.45. The molecule has 4 heterocycles. The fourth-order valence-electron chi connectivity index (χ4n) is 3.88. The number of nitrogens with zero attached hydrogens (tertiary/aromatic N) is 5. The van der Waals surface area contributed by atoms with E-state index < -0.39 is 5.79 Å². The van der Waals surface area contributed by atoms with Crippen LogP contribution in [0.25, 0.3) is 0 Å². The quantitative estimate of drug-likeness (QED) is 0.690. The lowest BCUT2D eigenvalue weighted by atomic mass is 10.0. The lowest BCUT2D eigenvalue weighted by Gasteiger charge is -2.37. The summed E-state index contributed by atoms with van der Waals surface area (Å²) in [6.45, 7) is 6.94. The maximum Gasteiger partial charge on any atom is 0.272 e. The number of hydrogen-bond donors (Lipinski definition) is 0. The second kappa shape index (κ2) is 7.40. The van der Waals surface area contributed by atoms with Crippen LogP contribution in [0.4, 0.5) is 5.82 Å². The highest BCUT2D eigenvalue weighted by molar-refractivity contribution is 5.93. The fourth-order valence-corrected chi connectivity index (χ4v) is 3.88. The summed E-state index contributed by atoms with van der Waals surface area (Å²) in [4.78, 5) is 38.4. The van der Waals surface area contributed by atoms with Crippen molar-refractivity contribution in [2.24, 2.45) is 0 Å². The highest BCUT2D eigenvalue weighted by Crippen LogP contribution is 2.31. The van der Waals surface area contributed by atoms with E-state index in [1.165, 1.54) is 0 Å². The molecule has 0 N–H and O–H groups in total. The van der Waals surface area contributed by atoms with Gasteiger partial charge in [-0.25, -0.2) is 9.97 Å². The monoisotopic (exact) mass is 375 g/mol. The van der Waals surface area contributed by atoms with Crippen LogP contribution in [0.2, 0.25) is 0 Å². The summed E-state index contributed by atoms with van der Waals surface area (Å²) >= 11 is 0. The highest BCUT2D eigenvalue weighted by Gasteiger charge is 2.41. The number of rotatable bonds is 3. The summed E-state index contributed by atoms with van der Waals surface area (Å²) in [5.41, 5.74) is 0.416. The summed E-state index contributed by atoms with van der Waals surface area (Å²) in [6.07, 6.45) is 2.24. The molecular formula is C18H25N5O4. The first kappa shape index (κ1) is 18.1. The predicted molar refractivity (Wildman–Crippen MR) is 96.4 cm³/mol. The van der Waals surface area contributed by atoms with Crippen molar-refractivity contribution >= 4 is 18.1 Å². The summed E-state index contributed by atoms with van der Waals surface area (Å²) < 4.78 is 11.5. The van der Waals surface area contributed by atoms with E-state index in [4.69, 9.17) is 9.47 Å². The number of likely N-dealkylation sites (tertiary alicyclic amines) is 1. The number of carbonyl (C=O) groups is 2. The van der Waals surface area contributed by atoms with Crippen molar-refractivity contribution < 1.29 is 19.1 Å². The molecule has 0 atom stereocenters. The van der Waals surface area contributed by atoms with Gasteiger partial charge in [0.25, 0.3) is 5.91 Å². The normalized spacial score (nSPS) is 22.3. The van der Waals surface area contributed by atoms with E-state index in [-0.39, 0.29) is 5.91 Å². The first-order valence-corrected chi connectivity index (χ1v) is 9.46. The van der Waals surface area contributed by atoms with Gasteiger partial charge in [-0.3, -0.25) is 9.59 Å². The van der Waals surface area contributed by atoms with Crippen molar-refractivity contribution in [1.29, 1.82) is 0 Å². The molecule has 1 aromatic rings. The average molecular weight is 375 g/mol. The molecule has 0 aliphatic carbocycles. The minimum Gasteiger partial charge on any atom is -0.353 e. The largest absolute Gasteiger partial charge is 0.353 e. The van der Waals surface area contributed by atoms with Crippen molar-refractivity contribution in [3.05, 3.63) is 17.6 Å². The van der Waals surface area contributed by atoms with E-state index in [1.807, 2.05) is 4.90 Å². The van der Waals surface area contributed by atoms with Gasteiger partial charge < -0.3 is 24.2 Å². The molecule has 1 spiro atoms. The van der Waals surface area contributed by atoms with Gasteiger partial charge in [0.2, 0.25) is 6.41 Å². The van der Waals surface area contributed by atoms with Crippen molar-refractivity contribution in [1.82, 2.24) is 19.8 Å². The summed E-state index contributed by atoms with van der Waals surface area (Å²) in [7, 11) is 0.